The predicted octanol–water partition coefficient (Wildman–Crippen LogP) is 12.4. The molecular weight excluding hydrogens is 1100 g/mol. The number of ketones is 1. The molecule has 87 heavy (non-hydrogen) atoms. The van der Waals surface area contributed by atoms with Gasteiger partial charge in [0.15, 0.2) is 11.6 Å². The van der Waals surface area contributed by atoms with Crippen molar-refractivity contribution < 1.29 is 66.4 Å². The Kier molecular flexibility index (Phi) is 22.3. The third kappa shape index (κ3) is 15.9. The molecule has 6 heterocycles. The summed E-state index contributed by atoms with van der Waals surface area (Å²) >= 11 is 0. The van der Waals surface area contributed by atoms with Gasteiger partial charge in [-0.1, -0.05) is 179 Å². The van der Waals surface area contributed by atoms with Crippen LogP contribution in [0.2, 0.25) is 0 Å². The van der Waals surface area contributed by atoms with E-state index in [2.05, 4.69) is 95.3 Å². The molecule has 19 atom stereocenters. The Morgan fingerprint density at radius 1 is 0.529 bits per heavy atom. The molecule has 0 aliphatic carbocycles. The van der Waals surface area contributed by atoms with Crippen molar-refractivity contribution in [1.82, 2.24) is 0 Å². The predicted molar refractivity (Wildman–Crippen MR) is 329 cm³/mol. The SMILES string of the molecule is CCOCCO[C@H]1C(C[C@H]2O[C@H]3C[C@H]4O[C@@H](CCOCc5ccccc5)[C@H](OCc5ccccc5)C[C@@H](OCc5ccccc5)[C@]4(C)O[C@@H]3C[C@H](C)CC2=O)O[C@@H]2[C@@H](C)[C@H](C)[C@@]3(C[C@H](OCc4ccccc4)CO3)O[C@H]2[C@@H](OCc2ccccc2)[C@@H]1C. The Balaban J connectivity index is 0.886. The largest absolute Gasteiger partial charge is 0.379 e. The number of ether oxygens (including phenoxy) is 13. The second-order valence-electron chi connectivity index (χ2n) is 25.6. The summed E-state index contributed by atoms with van der Waals surface area (Å²) in [5, 5.41) is 0. The van der Waals surface area contributed by atoms with Gasteiger partial charge in [-0.2, -0.15) is 0 Å². The van der Waals surface area contributed by atoms with Crippen LogP contribution >= 0.6 is 0 Å². The van der Waals surface area contributed by atoms with Crippen LogP contribution in [0.1, 0.15) is 114 Å². The molecule has 1 unspecified atom stereocenters. The van der Waals surface area contributed by atoms with E-state index in [-0.39, 0.29) is 60.3 Å². The van der Waals surface area contributed by atoms with Gasteiger partial charge in [0, 0.05) is 57.2 Å². The van der Waals surface area contributed by atoms with Gasteiger partial charge < -0.3 is 61.6 Å². The molecule has 6 aliphatic heterocycles. The minimum absolute atomic E-state index is 0.00789. The van der Waals surface area contributed by atoms with Gasteiger partial charge in [-0.25, -0.2) is 0 Å². The van der Waals surface area contributed by atoms with Crippen molar-refractivity contribution in [3.63, 3.8) is 0 Å². The highest BCUT2D eigenvalue weighted by atomic mass is 16.7. The average molecular weight is 1200 g/mol. The summed E-state index contributed by atoms with van der Waals surface area (Å²) in [6.45, 7) is 17.2. The van der Waals surface area contributed by atoms with E-state index < -0.39 is 66.3 Å². The Labute approximate surface area is 516 Å². The zero-order valence-electron chi connectivity index (χ0n) is 52.0. The van der Waals surface area contributed by atoms with Crippen molar-refractivity contribution in [2.75, 3.05) is 33.0 Å². The lowest BCUT2D eigenvalue weighted by atomic mass is 9.75. The number of carbonyl (C=O) groups is 1. The van der Waals surface area contributed by atoms with Crippen LogP contribution in [0.4, 0.5) is 0 Å². The number of Topliss-reactive ketones (excluding diaryl/α,β-unsaturated/α-hetero) is 1. The molecule has 6 saturated heterocycles. The number of fused-ring (bicyclic) bond motifs is 3. The molecule has 6 aliphatic rings. The number of carbonyl (C=O) groups excluding carboxylic acids is 1. The maximum atomic E-state index is 15.1. The lowest BCUT2D eigenvalue weighted by Gasteiger charge is -2.52. The van der Waals surface area contributed by atoms with Gasteiger partial charge in [0.25, 0.3) is 0 Å². The van der Waals surface area contributed by atoms with Crippen molar-refractivity contribution >= 4 is 5.78 Å². The normalized spacial score (nSPS) is 35.3. The van der Waals surface area contributed by atoms with E-state index in [4.69, 9.17) is 61.6 Å². The van der Waals surface area contributed by atoms with E-state index in [1.54, 1.807) is 0 Å². The van der Waals surface area contributed by atoms with Crippen LogP contribution < -0.4 is 0 Å². The smallest absolute Gasteiger partial charge is 0.174 e. The fourth-order valence-corrected chi connectivity index (χ4v) is 14.4. The fourth-order valence-electron chi connectivity index (χ4n) is 14.4. The molecule has 6 fully saturated rings. The summed E-state index contributed by atoms with van der Waals surface area (Å²) in [5.41, 5.74) is 4.48. The van der Waals surface area contributed by atoms with Crippen molar-refractivity contribution in [1.29, 1.82) is 0 Å². The molecular formula is C73H94O14. The lowest BCUT2D eigenvalue weighted by Crippen LogP contribution is -2.63. The molecule has 0 N–H and O–H groups in total. The van der Waals surface area contributed by atoms with Gasteiger partial charge in [-0.15, -0.1) is 0 Å². The second kappa shape index (κ2) is 30.4. The minimum atomic E-state index is -0.947. The molecule has 470 valence electrons. The molecule has 5 aromatic carbocycles. The average Bonchev–Trinajstić information content (AvgIpc) is 1.75. The van der Waals surface area contributed by atoms with Crippen LogP contribution in [0.3, 0.4) is 0 Å². The van der Waals surface area contributed by atoms with E-state index in [0.29, 0.717) is 105 Å². The molecule has 0 bridgehead atoms. The maximum absolute atomic E-state index is 15.1. The number of rotatable bonds is 24. The second-order valence-corrected chi connectivity index (χ2v) is 25.6. The van der Waals surface area contributed by atoms with Crippen molar-refractivity contribution in [2.45, 2.75) is 210 Å². The van der Waals surface area contributed by atoms with E-state index in [9.17, 15) is 0 Å². The lowest BCUT2D eigenvalue weighted by molar-refractivity contribution is -0.341. The molecule has 11 rings (SSSR count). The summed E-state index contributed by atoms with van der Waals surface area (Å²) in [4.78, 5) is 15.1. The number of hydrogen-bond donors (Lipinski definition) is 0. The number of benzene rings is 5. The number of hydrogen-bond acceptors (Lipinski definition) is 14. The molecule has 5 aromatic rings. The highest BCUT2D eigenvalue weighted by Crippen LogP contribution is 2.51. The molecule has 0 amide bonds. The van der Waals surface area contributed by atoms with Crippen LogP contribution in [0.25, 0.3) is 0 Å². The van der Waals surface area contributed by atoms with Crippen LogP contribution in [-0.4, -0.2) is 130 Å². The fraction of sp³-hybridized carbons (Fsp3) is 0.575. The summed E-state index contributed by atoms with van der Waals surface area (Å²) in [6.07, 6.45) is -2.93. The molecule has 0 radical (unpaired) electrons. The molecule has 0 saturated carbocycles. The quantitative estimate of drug-likeness (QED) is 0.0542. The third-order valence-corrected chi connectivity index (χ3v) is 19.4. The van der Waals surface area contributed by atoms with E-state index in [1.165, 1.54) is 0 Å². The highest BCUT2D eigenvalue weighted by Gasteiger charge is 2.62. The minimum Gasteiger partial charge on any atom is -0.379 e. The van der Waals surface area contributed by atoms with Gasteiger partial charge in [0.1, 0.15) is 17.8 Å². The van der Waals surface area contributed by atoms with E-state index in [0.717, 1.165) is 27.8 Å². The maximum Gasteiger partial charge on any atom is 0.174 e. The summed E-state index contributed by atoms with van der Waals surface area (Å²) in [5.74, 6) is -1.37. The molecule has 1 spiro atoms. The molecule has 0 aromatic heterocycles. The van der Waals surface area contributed by atoms with Crippen LogP contribution in [0.15, 0.2) is 152 Å². The van der Waals surface area contributed by atoms with E-state index in [1.807, 2.05) is 97.9 Å². The van der Waals surface area contributed by atoms with Gasteiger partial charge in [-0.05, 0) is 66.3 Å². The van der Waals surface area contributed by atoms with Gasteiger partial charge >= 0.3 is 0 Å². The Morgan fingerprint density at radius 3 is 1.74 bits per heavy atom. The summed E-state index contributed by atoms with van der Waals surface area (Å²) < 4.78 is 91.4. The zero-order valence-corrected chi connectivity index (χ0v) is 52.0. The Hall–Kier alpha value is -4.75. The van der Waals surface area contributed by atoms with Crippen LogP contribution in [0, 0.1) is 23.7 Å². The Morgan fingerprint density at radius 2 is 1.11 bits per heavy atom. The first-order valence-electron chi connectivity index (χ1n) is 32.4. The van der Waals surface area contributed by atoms with Crippen LogP contribution in [0.5, 0.6) is 0 Å². The van der Waals surface area contributed by atoms with Crippen molar-refractivity contribution in [3.8, 4) is 0 Å². The van der Waals surface area contributed by atoms with Gasteiger partial charge in [-0.3, -0.25) is 4.79 Å². The van der Waals surface area contributed by atoms with Crippen molar-refractivity contribution in [2.24, 2.45) is 23.7 Å². The van der Waals surface area contributed by atoms with Gasteiger partial charge in [0.05, 0.1) is 120 Å². The molecule has 14 nitrogen and oxygen atoms in total. The summed E-state index contributed by atoms with van der Waals surface area (Å²) in [7, 11) is 0. The van der Waals surface area contributed by atoms with Crippen molar-refractivity contribution in [3.05, 3.63) is 179 Å². The van der Waals surface area contributed by atoms with E-state index >= 15 is 4.79 Å². The van der Waals surface area contributed by atoms with Crippen LogP contribution in [-0.2, 0) is 99.4 Å². The zero-order chi connectivity index (χ0) is 60.2. The highest BCUT2D eigenvalue weighted by molar-refractivity contribution is 5.83. The first-order chi connectivity index (χ1) is 42.4. The standard InChI is InChI=1S/C73H94O14/c1-7-75-35-36-77-68-51(4)69(81-47-57-31-21-12-22-32-57)71-70(50(3)52(5)73(87-71)42-58(48-82-73)78-44-54-25-15-9-16-26-54)85-65(68)39-61-59(74)37-49(2)38-64-63(83-61)41-67-72(6,86-64)66(80-46-56-29-19-11-20-30-56)40-62(79-45-55-27-17-10-18-28-55)60(84-67)33-34-76-43-53-23-13-8-14-24-53/h8-32,49-52,58,60-71H,7,33-48H2,1-6H3/t49-,50+,51-,52+,58+,60+,61-,62-,63+,64-,65?,66-,67-,68-,69+,70-,71+,72+,73-/m1/s1. The topological polar surface area (TPSA) is 137 Å². The van der Waals surface area contributed by atoms with Gasteiger partial charge in [0.2, 0.25) is 0 Å². The third-order valence-electron chi connectivity index (χ3n) is 19.4. The first kappa shape index (κ1) is 63.8. The molecule has 14 heteroatoms. The summed E-state index contributed by atoms with van der Waals surface area (Å²) in [6, 6.07) is 51.3. The Bertz CT molecular complexity index is 2830. The monoisotopic (exact) mass is 1190 g/mol. The first-order valence-corrected chi connectivity index (χ1v) is 32.4.